The highest BCUT2D eigenvalue weighted by atomic mass is 16.4. The minimum Gasteiger partial charge on any atom is -0.550 e. The molecule has 0 aromatic heterocycles. The standard InChI is InChI=1S/C29H48O3/c1-21(11-8-14-24(4)28(30)31)12-9-19-29(7,32)20-10-13-22(2)15-17-27-18-16-23(3)25(5)26(27)6/h11,16,18,22,24,32H,8-10,12-15,17,19-20H2,1-7H3,(H,30,31)/p-1/b21-11+. The first kappa shape index (κ1) is 28.4. The highest BCUT2D eigenvalue weighted by molar-refractivity contribution is 5.66. The van der Waals surface area contributed by atoms with Gasteiger partial charge >= 0.3 is 0 Å². The van der Waals surface area contributed by atoms with E-state index >= 15 is 0 Å². The summed E-state index contributed by atoms with van der Waals surface area (Å²) in [7, 11) is 0. The van der Waals surface area contributed by atoms with Crippen LogP contribution in [0.3, 0.4) is 0 Å². The van der Waals surface area contributed by atoms with Gasteiger partial charge in [0, 0.05) is 5.97 Å². The minimum atomic E-state index is -0.971. The fourth-order valence-electron chi connectivity index (χ4n) is 4.33. The van der Waals surface area contributed by atoms with Gasteiger partial charge in [0.15, 0.2) is 0 Å². The SMILES string of the molecule is C/C(=C\CCC(C)C(=O)[O-])CCCC(C)(O)CCCC(C)CCc1ccc(C)c(C)c1C. The van der Waals surface area contributed by atoms with Crippen molar-refractivity contribution in [3.63, 3.8) is 0 Å². The maximum absolute atomic E-state index is 10.8. The Balaban J connectivity index is 2.27. The van der Waals surface area contributed by atoms with Crippen molar-refractivity contribution in [3.05, 3.63) is 46.0 Å². The average Bonchev–Trinajstić information content (AvgIpc) is 2.71. The zero-order chi connectivity index (χ0) is 24.3. The Bertz CT molecular complexity index is 745. The molecule has 0 fully saturated rings. The largest absolute Gasteiger partial charge is 0.550 e. The number of hydrogen-bond acceptors (Lipinski definition) is 3. The van der Waals surface area contributed by atoms with E-state index in [4.69, 9.17) is 0 Å². The third-order valence-electron chi connectivity index (χ3n) is 7.27. The van der Waals surface area contributed by atoms with Crippen LogP contribution >= 0.6 is 0 Å². The van der Waals surface area contributed by atoms with Gasteiger partial charge in [-0.3, -0.25) is 0 Å². The van der Waals surface area contributed by atoms with Crippen molar-refractivity contribution in [3.8, 4) is 0 Å². The Morgan fingerprint density at radius 1 is 1.06 bits per heavy atom. The van der Waals surface area contributed by atoms with Gasteiger partial charge in [0.05, 0.1) is 5.60 Å². The lowest BCUT2D eigenvalue weighted by Gasteiger charge is -2.24. The number of aliphatic hydroxyl groups is 1. The monoisotopic (exact) mass is 443 g/mol. The van der Waals surface area contributed by atoms with Crippen LogP contribution in [0.1, 0.15) is 108 Å². The fraction of sp³-hybridized carbons (Fsp3) is 0.690. The second-order valence-electron chi connectivity index (χ2n) is 10.5. The lowest BCUT2D eigenvalue weighted by Crippen LogP contribution is -2.29. The number of allylic oxidation sites excluding steroid dienone is 2. The summed E-state index contributed by atoms with van der Waals surface area (Å²) in [6.45, 7) is 14.7. The summed E-state index contributed by atoms with van der Waals surface area (Å²) in [5.41, 5.74) is 6.39. The van der Waals surface area contributed by atoms with Gasteiger partial charge in [0.1, 0.15) is 0 Å². The lowest BCUT2D eigenvalue weighted by atomic mass is 9.88. The molecule has 1 aromatic carbocycles. The topological polar surface area (TPSA) is 60.4 Å². The van der Waals surface area contributed by atoms with Gasteiger partial charge < -0.3 is 15.0 Å². The molecule has 0 aliphatic carbocycles. The van der Waals surface area contributed by atoms with Crippen LogP contribution < -0.4 is 5.11 Å². The zero-order valence-electron chi connectivity index (χ0n) is 21.7. The van der Waals surface area contributed by atoms with Crippen molar-refractivity contribution < 1.29 is 15.0 Å². The van der Waals surface area contributed by atoms with Gasteiger partial charge in [0.2, 0.25) is 0 Å². The molecule has 1 rings (SSSR count). The van der Waals surface area contributed by atoms with Gasteiger partial charge in [-0.15, -0.1) is 0 Å². The summed E-state index contributed by atoms with van der Waals surface area (Å²) in [4.78, 5) is 10.8. The molecule has 1 aromatic rings. The van der Waals surface area contributed by atoms with Gasteiger partial charge in [0.25, 0.3) is 0 Å². The second kappa shape index (κ2) is 13.8. The van der Waals surface area contributed by atoms with Crippen LogP contribution in [-0.4, -0.2) is 16.7 Å². The molecule has 0 amide bonds. The molecule has 3 heteroatoms. The van der Waals surface area contributed by atoms with E-state index in [1.165, 1.54) is 34.2 Å². The van der Waals surface area contributed by atoms with Crippen molar-refractivity contribution in [2.45, 2.75) is 118 Å². The number of carboxylic acids is 1. The minimum absolute atomic E-state index is 0.396. The Morgan fingerprint density at radius 2 is 1.72 bits per heavy atom. The van der Waals surface area contributed by atoms with E-state index in [0.29, 0.717) is 12.3 Å². The number of hydrogen-bond donors (Lipinski definition) is 1. The van der Waals surface area contributed by atoms with E-state index < -0.39 is 17.5 Å². The first-order valence-corrected chi connectivity index (χ1v) is 12.6. The maximum Gasteiger partial charge on any atom is 0.0619 e. The van der Waals surface area contributed by atoms with Crippen LogP contribution in [0.2, 0.25) is 0 Å². The summed E-state index contributed by atoms with van der Waals surface area (Å²) in [6.07, 6.45) is 11.7. The molecule has 0 radical (unpaired) electrons. The van der Waals surface area contributed by atoms with Crippen LogP contribution in [0, 0.1) is 32.6 Å². The molecule has 0 spiro atoms. The highest BCUT2D eigenvalue weighted by Gasteiger charge is 2.20. The van der Waals surface area contributed by atoms with Crippen LogP contribution in [0.4, 0.5) is 0 Å². The molecule has 3 atom stereocenters. The molecule has 0 aliphatic heterocycles. The molecule has 0 heterocycles. The summed E-state index contributed by atoms with van der Waals surface area (Å²) in [5.74, 6) is -0.700. The number of rotatable bonds is 15. The molecule has 0 aliphatic rings. The number of carbonyl (C=O) groups excluding carboxylic acids is 1. The molecule has 3 unspecified atom stereocenters. The van der Waals surface area contributed by atoms with E-state index in [-0.39, 0.29) is 0 Å². The number of aryl methyl sites for hydroxylation is 2. The van der Waals surface area contributed by atoms with Crippen molar-refractivity contribution in [2.24, 2.45) is 11.8 Å². The molecular weight excluding hydrogens is 396 g/mol. The van der Waals surface area contributed by atoms with E-state index in [2.05, 4.69) is 52.8 Å². The Hall–Kier alpha value is -1.61. The fourth-order valence-corrected chi connectivity index (χ4v) is 4.33. The van der Waals surface area contributed by atoms with Crippen LogP contribution in [0.25, 0.3) is 0 Å². The van der Waals surface area contributed by atoms with Gasteiger partial charge in [-0.05, 0) is 120 Å². The van der Waals surface area contributed by atoms with E-state index in [1.807, 2.05) is 6.92 Å². The molecule has 182 valence electrons. The quantitative estimate of drug-likeness (QED) is 0.320. The van der Waals surface area contributed by atoms with Crippen molar-refractivity contribution >= 4 is 5.97 Å². The van der Waals surface area contributed by atoms with E-state index in [1.54, 1.807) is 6.92 Å². The first-order valence-electron chi connectivity index (χ1n) is 12.6. The predicted molar refractivity (Wildman–Crippen MR) is 134 cm³/mol. The Kier molecular flexibility index (Phi) is 12.3. The number of aliphatic carboxylic acids is 1. The van der Waals surface area contributed by atoms with Crippen LogP contribution in [0.5, 0.6) is 0 Å². The normalized spacial score (nSPS) is 15.9. The average molecular weight is 444 g/mol. The second-order valence-corrected chi connectivity index (χ2v) is 10.5. The van der Waals surface area contributed by atoms with E-state index in [0.717, 1.165) is 51.4 Å². The molecule has 3 nitrogen and oxygen atoms in total. The number of benzene rings is 1. The number of carbonyl (C=O) groups is 1. The Morgan fingerprint density at radius 3 is 2.38 bits per heavy atom. The molecule has 1 N–H and O–H groups in total. The first-order chi connectivity index (χ1) is 14.9. The third kappa shape index (κ3) is 10.8. The van der Waals surface area contributed by atoms with E-state index in [9.17, 15) is 15.0 Å². The number of carboxylic acid groups (broad SMARTS) is 1. The molecule has 32 heavy (non-hydrogen) atoms. The molecule has 0 saturated heterocycles. The van der Waals surface area contributed by atoms with Gasteiger partial charge in [-0.2, -0.15) is 0 Å². The lowest BCUT2D eigenvalue weighted by molar-refractivity contribution is -0.311. The molecular formula is C29H47O3-. The summed E-state index contributed by atoms with van der Waals surface area (Å²) >= 11 is 0. The van der Waals surface area contributed by atoms with Gasteiger partial charge in [-0.25, -0.2) is 0 Å². The van der Waals surface area contributed by atoms with Crippen molar-refractivity contribution in [2.75, 3.05) is 0 Å². The zero-order valence-corrected chi connectivity index (χ0v) is 21.7. The van der Waals surface area contributed by atoms with Gasteiger partial charge in [-0.1, -0.05) is 50.5 Å². The summed E-state index contributed by atoms with van der Waals surface area (Å²) in [6, 6.07) is 4.53. The van der Waals surface area contributed by atoms with Crippen molar-refractivity contribution in [1.82, 2.24) is 0 Å². The third-order valence-corrected chi connectivity index (χ3v) is 7.27. The summed E-state index contributed by atoms with van der Waals surface area (Å²) < 4.78 is 0. The molecule has 0 saturated carbocycles. The van der Waals surface area contributed by atoms with Crippen LogP contribution in [0.15, 0.2) is 23.8 Å². The molecule has 0 bridgehead atoms. The predicted octanol–water partition coefficient (Wildman–Crippen LogP) is 6.38. The maximum atomic E-state index is 10.8. The highest BCUT2D eigenvalue weighted by Crippen LogP contribution is 2.26. The smallest absolute Gasteiger partial charge is 0.0619 e. The Labute approximate surface area is 197 Å². The summed E-state index contributed by atoms with van der Waals surface area (Å²) in [5, 5.41) is 21.5. The van der Waals surface area contributed by atoms with Crippen molar-refractivity contribution in [1.29, 1.82) is 0 Å². The van der Waals surface area contributed by atoms with Crippen LogP contribution in [-0.2, 0) is 11.2 Å².